The third kappa shape index (κ3) is 4.66. The van der Waals surface area contributed by atoms with Crippen molar-refractivity contribution in [3.05, 3.63) is 53.5 Å². The van der Waals surface area contributed by atoms with Crippen molar-refractivity contribution < 1.29 is 13.9 Å². The summed E-state index contributed by atoms with van der Waals surface area (Å²) in [7, 11) is 0. The molecule has 2 aromatic carbocycles. The van der Waals surface area contributed by atoms with Crippen LogP contribution in [0, 0.1) is 5.82 Å². The molecule has 0 saturated carbocycles. The summed E-state index contributed by atoms with van der Waals surface area (Å²) in [5.41, 5.74) is 20.5. The van der Waals surface area contributed by atoms with Gasteiger partial charge in [0.15, 0.2) is 0 Å². The lowest BCUT2D eigenvalue weighted by molar-refractivity contribution is 0.325. The second kappa shape index (κ2) is 8.64. The fourth-order valence-electron chi connectivity index (χ4n) is 3.12. The van der Waals surface area contributed by atoms with Crippen LogP contribution in [0.4, 0.5) is 21.8 Å². The molecule has 0 amide bonds. The molecular weight excluding hydrogens is 373 g/mol. The number of aromatic nitrogens is 2. The van der Waals surface area contributed by atoms with Crippen molar-refractivity contribution in [2.75, 3.05) is 30.4 Å². The summed E-state index contributed by atoms with van der Waals surface area (Å²) in [6.07, 6.45) is 2.05. The summed E-state index contributed by atoms with van der Waals surface area (Å²) in [4.78, 5) is 8.00. The number of hydrogen-bond acceptors (Lipinski definition) is 7. The van der Waals surface area contributed by atoms with E-state index in [9.17, 15) is 4.39 Å². The molecule has 0 aliphatic heterocycles. The van der Waals surface area contributed by atoms with Gasteiger partial charge in [-0.05, 0) is 55.3 Å². The minimum atomic E-state index is -0.430. The fourth-order valence-corrected chi connectivity index (χ4v) is 3.12. The molecular formula is C21H24FN5O2. The third-order valence-electron chi connectivity index (χ3n) is 4.25. The first kappa shape index (κ1) is 20.2. The van der Waals surface area contributed by atoms with Gasteiger partial charge in [0.25, 0.3) is 0 Å². The number of halogens is 1. The van der Waals surface area contributed by atoms with Crippen molar-refractivity contribution >= 4 is 17.5 Å². The van der Waals surface area contributed by atoms with Gasteiger partial charge in [0.2, 0.25) is 5.95 Å². The van der Waals surface area contributed by atoms with Crippen molar-refractivity contribution in [3.8, 4) is 22.6 Å². The van der Waals surface area contributed by atoms with Crippen LogP contribution in [0.15, 0.2) is 36.5 Å². The molecule has 6 N–H and O–H groups in total. The number of benzene rings is 2. The molecule has 0 atom stereocenters. The van der Waals surface area contributed by atoms with Crippen molar-refractivity contribution in [1.29, 1.82) is 0 Å². The van der Waals surface area contributed by atoms with E-state index in [-0.39, 0.29) is 5.95 Å². The average Bonchev–Trinajstić information content (AvgIpc) is 2.64. The zero-order valence-corrected chi connectivity index (χ0v) is 16.4. The van der Waals surface area contributed by atoms with E-state index in [1.165, 1.54) is 12.1 Å². The van der Waals surface area contributed by atoms with Gasteiger partial charge < -0.3 is 26.7 Å². The predicted molar refractivity (Wildman–Crippen MR) is 112 cm³/mol. The van der Waals surface area contributed by atoms with Crippen molar-refractivity contribution in [3.63, 3.8) is 0 Å². The molecule has 1 aromatic heterocycles. The summed E-state index contributed by atoms with van der Waals surface area (Å²) < 4.78 is 25.7. The highest BCUT2D eigenvalue weighted by Gasteiger charge is 2.18. The van der Waals surface area contributed by atoms with Gasteiger partial charge in [0.1, 0.15) is 23.1 Å². The minimum Gasteiger partial charge on any atom is -0.493 e. The first-order valence-electron chi connectivity index (χ1n) is 9.27. The molecule has 0 aliphatic carbocycles. The fraction of sp³-hybridized carbons (Fsp3) is 0.238. The van der Waals surface area contributed by atoms with Crippen LogP contribution < -0.4 is 26.7 Å². The normalized spacial score (nSPS) is 10.7. The Morgan fingerprint density at radius 3 is 2.14 bits per heavy atom. The van der Waals surface area contributed by atoms with Gasteiger partial charge in [-0.2, -0.15) is 4.98 Å². The van der Waals surface area contributed by atoms with E-state index >= 15 is 0 Å². The third-order valence-corrected chi connectivity index (χ3v) is 4.25. The Bertz CT molecular complexity index is 979. The highest BCUT2D eigenvalue weighted by molar-refractivity contribution is 5.79. The molecule has 29 heavy (non-hydrogen) atoms. The topological polar surface area (TPSA) is 122 Å². The lowest BCUT2D eigenvalue weighted by atomic mass is 9.98. The number of rotatable bonds is 7. The van der Waals surface area contributed by atoms with Crippen molar-refractivity contribution in [2.24, 2.45) is 0 Å². The molecule has 152 valence electrons. The molecule has 0 saturated heterocycles. The molecule has 1 heterocycles. The molecule has 0 radical (unpaired) electrons. The number of nitrogens with zero attached hydrogens (tertiary/aromatic N) is 2. The van der Waals surface area contributed by atoms with Crippen LogP contribution in [-0.4, -0.2) is 23.2 Å². The number of hydrogen-bond donors (Lipinski definition) is 3. The molecule has 3 aromatic rings. The van der Waals surface area contributed by atoms with E-state index in [0.717, 1.165) is 11.1 Å². The van der Waals surface area contributed by atoms with Gasteiger partial charge in [0, 0.05) is 23.9 Å². The Hall–Kier alpha value is -3.55. The summed E-state index contributed by atoms with van der Waals surface area (Å²) in [6.45, 7) is 4.62. The largest absolute Gasteiger partial charge is 0.493 e. The Kier molecular flexibility index (Phi) is 6.01. The average molecular weight is 397 g/mol. The van der Waals surface area contributed by atoms with Gasteiger partial charge in [0.05, 0.1) is 18.8 Å². The molecule has 0 aliphatic rings. The van der Waals surface area contributed by atoms with Gasteiger partial charge in [-0.3, -0.25) is 0 Å². The second-order valence-electron chi connectivity index (χ2n) is 6.42. The van der Waals surface area contributed by atoms with Gasteiger partial charge in [-0.1, -0.05) is 0 Å². The zero-order chi connectivity index (χ0) is 21.0. The quantitative estimate of drug-likeness (QED) is 0.522. The maximum atomic E-state index is 14.0. The van der Waals surface area contributed by atoms with Crippen molar-refractivity contribution in [1.82, 2.24) is 9.97 Å². The monoisotopic (exact) mass is 397 g/mol. The SMILES string of the molecule is CCOc1cc(Cc2cnc(N)nc2N)cc(OCC)c1-c1cc(N)cc(F)c1. The Morgan fingerprint density at radius 1 is 0.931 bits per heavy atom. The summed E-state index contributed by atoms with van der Waals surface area (Å²) in [6, 6.07) is 8.11. The van der Waals surface area contributed by atoms with Gasteiger partial charge >= 0.3 is 0 Å². The van der Waals surface area contributed by atoms with Crippen LogP contribution in [0.2, 0.25) is 0 Å². The minimum absolute atomic E-state index is 0.121. The number of anilines is 3. The highest BCUT2D eigenvalue weighted by Crippen LogP contribution is 2.41. The lowest BCUT2D eigenvalue weighted by Crippen LogP contribution is -2.05. The maximum absolute atomic E-state index is 14.0. The predicted octanol–water partition coefficient (Wildman–Crippen LogP) is 3.42. The maximum Gasteiger partial charge on any atom is 0.221 e. The molecule has 3 rings (SSSR count). The smallest absolute Gasteiger partial charge is 0.221 e. The summed E-state index contributed by atoms with van der Waals surface area (Å²) >= 11 is 0. The van der Waals surface area contributed by atoms with Crippen LogP contribution in [0.3, 0.4) is 0 Å². The molecule has 0 fully saturated rings. The van der Waals surface area contributed by atoms with Crippen LogP contribution in [0.1, 0.15) is 25.0 Å². The summed E-state index contributed by atoms with van der Waals surface area (Å²) in [5.74, 6) is 1.13. The van der Waals surface area contributed by atoms with Crippen LogP contribution in [0.25, 0.3) is 11.1 Å². The highest BCUT2D eigenvalue weighted by atomic mass is 19.1. The van der Waals surface area contributed by atoms with Gasteiger partial charge in [-0.25, -0.2) is 9.37 Å². The van der Waals surface area contributed by atoms with Crippen LogP contribution in [0.5, 0.6) is 11.5 Å². The van der Waals surface area contributed by atoms with E-state index < -0.39 is 5.82 Å². The van der Waals surface area contributed by atoms with E-state index in [4.69, 9.17) is 26.7 Å². The number of nitrogens with two attached hydrogens (primary N) is 3. The summed E-state index contributed by atoms with van der Waals surface area (Å²) in [5, 5.41) is 0. The molecule has 0 unspecified atom stereocenters. The molecule has 7 nitrogen and oxygen atoms in total. The first-order valence-corrected chi connectivity index (χ1v) is 9.27. The Morgan fingerprint density at radius 2 is 1.59 bits per heavy atom. The van der Waals surface area contributed by atoms with E-state index in [1.54, 1.807) is 12.3 Å². The number of ether oxygens (including phenoxy) is 2. The van der Waals surface area contributed by atoms with E-state index in [0.29, 0.717) is 53.8 Å². The molecule has 0 bridgehead atoms. The Labute approximate surface area is 168 Å². The molecule has 8 heteroatoms. The van der Waals surface area contributed by atoms with Crippen LogP contribution in [-0.2, 0) is 6.42 Å². The Balaban J connectivity index is 2.13. The zero-order valence-electron chi connectivity index (χ0n) is 16.4. The lowest BCUT2D eigenvalue weighted by Gasteiger charge is -2.18. The number of nitrogen functional groups attached to an aromatic ring is 3. The molecule has 0 spiro atoms. The second-order valence-corrected chi connectivity index (χ2v) is 6.42. The first-order chi connectivity index (χ1) is 13.9. The van der Waals surface area contributed by atoms with Gasteiger partial charge in [-0.15, -0.1) is 0 Å². The van der Waals surface area contributed by atoms with E-state index in [1.807, 2.05) is 26.0 Å². The standard InChI is InChI=1S/C21H24FN5O2/c1-3-28-17-6-12(5-14-11-26-21(25)27-20(14)24)7-18(29-4-2)19(17)13-8-15(22)10-16(23)9-13/h6-11H,3-5,23H2,1-2H3,(H4,24,25,26,27). The van der Waals surface area contributed by atoms with E-state index in [2.05, 4.69) is 9.97 Å². The van der Waals surface area contributed by atoms with Crippen LogP contribution >= 0.6 is 0 Å². The van der Waals surface area contributed by atoms with Crippen molar-refractivity contribution in [2.45, 2.75) is 20.3 Å².